The highest BCUT2D eigenvalue weighted by Crippen LogP contribution is 2.23. The van der Waals surface area contributed by atoms with Gasteiger partial charge in [0.25, 0.3) is 0 Å². The van der Waals surface area contributed by atoms with Gasteiger partial charge in [-0.1, -0.05) is 101 Å². The van der Waals surface area contributed by atoms with Crippen LogP contribution < -0.4 is 69.5 Å². The van der Waals surface area contributed by atoms with Crippen LogP contribution in [0.5, 0.6) is 5.75 Å². The molecule has 0 radical (unpaired) electrons. The number of aromatic hydroxyl groups is 1. The van der Waals surface area contributed by atoms with Crippen LogP contribution in [0.25, 0.3) is 0 Å². The molecule has 0 saturated carbocycles. The molecule has 1 saturated heterocycles. The number of H-pyrrole nitrogens is 2. The monoisotopic (exact) mass is 1580 g/mol. The molecular formula is C78H123N21O14. The molecule has 0 aliphatic carbocycles. The second-order valence-corrected chi connectivity index (χ2v) is 31.0. The average molecular weight is 1580 g/mol. The van der Waals surface area contributed by atoms with Crippen LogP contribution in [0.15, 0.2) is 90.0 Å². The highest BCUT2D eigenvalue weighted by atomic mass is 16.4. The molecule has 1 aliphatic rings. The third-order valence-electron chi connectivity index (χ3n) is 20.6. The summed E-state index contributed by atoms with van der Waals surface area (Å²) in [6.45, 7) is 23.2. The zero-order valence-corrected chi connectivity index (χ0v) is 67.3. The number of aliphatic carboxylic acids is 1. The molecule has 21 N–H and O–H groups in total. The van der Waals surface area contributed by atoms with Crippen LogP contribution in [-0.4, -0.2) is 227 Å². The number of rotatable bonds is 50. The number of hydrogen-bond donors (Lipinski definition) is 20. The van der Waals surface area contributed by atoms with Gasteiger partial charge in [0.1, 0.15) is 60.1 Å². The number of imidazole rings is 2. The predicted octanol–water partition coefficient (Wildman–Crippen LogP) is 2.28. The van der Waals surface area contributed by atoms with Crippen molar-refractivity contribution in [2.24, 2.45) is 39.7 Å². The topological polar surface area (TPSA) is 531 Å². The van der Waals surface area contributed by atoms with Crippen molar-refractivity contribution in [1.29, 1.82) is 5.41 Å². The number of aryl methyl sites for hydroxylation is 1. The van der Waals surface area contributed by atoms with Crippen molar-refractivity contribution in [2.45, 2.75) is 238 Å². The Morgan fingerprint density at radius 2 is 1.12 bits per heavy atom. The third kappa shape index (κ3) is 31.5. The number of aromatic amines is 2. The molecule has 1 fully saturated rings. The van der Waals surface area contributed by atoms with Crippen LogP contribution >= 0.6 is 0 Å². The van der Waals surface area contributed by atoms with Gasteiger partial charge in [-0.25, -0.2) is 14.8 Å². The van der Waals surface area contributed by atoms with Gasteiger partial charge in [-0.3, -0.25) is 48.6 Å². The van der Waals surface area contributed by atoms with Crippen molar-refractivity contribution in [2.75, 3.05) is 39.3 Å². The molecule has 624 valence electrons. The molecule has 2 aromatic heterocycles. The Labute approximate surface area is 661 Å². The lowest BCUT2D eigenvalue weighted by Crippen LogP contribution is -2.62. The van der Waals surface area contributed by atoms with Crippen molar-refractivity contribution in [3.63, 3.8) is 0 Å². The van der Waals surface area contributed by atoms with E-state index in [0.717, 1.165) is 18.4 Å². The van der Waals surface area contributed by atoms with E-state index in [9.17, 15) is 54.2 Å². The Hall–Kier alpha value is -10.6. The molecule has 5 rings (SSSR count). The van der Waals surface area contributed by atoms with Crippen LogP contribution in [0.4, 0.5) is 0 Å². The first-order valence-electron chi connectivity index (χ1n) is 38.9. The standard InChI is InChI=1S/C78H123N21O14/c1-13-48(6)66(73(108)93-61(40-55-42-83-45-86-55)74(109)99-36-18-22-63(99)71(106)90-58(28-25-51-19-15-14-16-20-51)67(102)91-60(39-54-41-82-44-85-54)69(104)94-62(75(110)111)37-46(2)3)96-70(105)59(38-53-23-26-56(100)27-24-53)92-72(107)65(47(4)5)95-68(103)57(21-17-32-84-76(79)80)89-64(101)43-81-33-29-52(30-34-87-77(9,10)49(7)97-112)31-35-88-78(11,12)50(8)98-113/h14-16,19-20,23-24,26-27,41-42,44-48,52,57-63,65-66,81,87-88,100,112-113H,13,17-18,21-22,25,28-40,43H2,1-12H3,(H,82,85)(H,83,86)(H,89,101)(H,90,106)(H,91,102)(H,92,107)(H,93,108)(H,94,104)(H,95,103)(H,96,105)(H,110,111)(H4,79,80,84)/b97-49-,98-50-/t48?,57-,58-,59-,60-,61-,62-,63-,65-,66-/m0/s1. The minimum atomic E-state index is -1.45. The van der Waals surface area contributed by atoms with E-state index in [4.69, 9.17) is 11.1 Å². The third-order valence-corrected chi connectivity index (χ3v) is 20.6. The normalized spacial score (nSPS) is 15.8. The quantitative estimate of drug-likeness (QED) is 0.00991. The molecule has 4 aromatic rings. The molecule has 10 atom stereocenters. The Balaban J connectivity index is 1.36. The summed E-state index contributed by atoms with van der Waals surface area (Å²) in [5.74, 6) is -9.49. The van der Waals surface area contributed by atoms with Gasteiger partial charge < -0.3 is 105 Å². The number of carboxylic acid groups (broad SMARTS) is 1. The van der Waals surface area contributed by atoms with Gasteiger partial charge in [0, 0.05) is 56.1 Å². The summed E-state index contributed by atoms with van der Waals surface area (Å²) in [4.78, 5) is 160. The number of phenolic OH excluding ortho intramolecular Hbond substituents is 1. The van der Waals surface area contributed by atoms with Crippen LogP contribution in [0.2, 0.25) is 0 Å². The number of nitrogens with two attached hydrogens (primary N) is 1. The lowest BCUT2D eigenvalue weighted by Gasteiger charge is -2.32. The van der Waals surface area contributed by atoms with Crippen molar-refractivity contribution >= 4 is 76.5 Å². The van der Waals surface area contributed by atoms with Gasteiger partial charge in [0.2, 0.25) is 53.2 Å². The Morgan fingerprint density at radius 1 is 0.611 bits per heavy atom. The van der Waals surface area contributed by atoms with Crippen LogP contribution in [0.3, 0.4) is 0 Å². The number of amides is 9. The number of aromatic nitrogens is 4. The number of phenols is 1. The molecule has 2 aromatic carbocycles. The molecule has 113 heavy (non-hydrogen) atoms. The van der Waals surface area contributed by atoms with Gasteiger partial charge in [-0.05, 0) is 172 Å². The zero-order chi connectivity index (χ0) is 83.5. The lowest BCUT2D eigenvalue weighted by atomic mass is 9.94. The summed E-state index contributed by atoms with van der Waals surface area (Å²) in [6, 6.07) is 3.23. The fourth-order valence-electron chi connectivity index (χ4n) is 12.9. The van der Waals surface area contributed by atoms with Gasteiger partial charge >= 0.3 is 5.97 Å². The first-order valence-corrected chi connectivity index (χ1v) is 38.9. The summed E-state index contributed by atoms with van der Waals surface area (Å²) < 4.78 is 0. The van der Waals surface area contributed by atoms with Gasteiger partial charge in [-0.2, -0.15) is 0 Å². The molecule has 9 amide bonds. The van der Waals surface area contributed by atoms with E-state index in [-0.39, 0.29) is 101 Å². The number of carboxylic acids is 1. The number of nitrogens with zero attached hydrogens (tertiary/aromatic N) is 5. The molecule has 35 nitrogen and oxygen atoms in total. The van der Waals surface area contributed by atoms with E-state index in [1.54, 1.807) is 53.7 Å². The minimum Gasteiger partial charge on any atom is -0.508 e. The second-order valence-electron chi connectivity index (χ2n) is 31.0. The highest BCUT2D eigenvalue weighted by Gasteiger charge is 2.42. The van der Waals surface area contributed by atoms with E-state index in [2.05, 4.69) is 94.0 Å². The van der Waals surface area contributed by atoms with Gasteiger partial charge in [0.05, 0.1) is 41.7 Å². The Kier molecular flexibility index (Phi) is 38.3. The first kappa shape index (κ1) is 93.1. The minimum absolute atomic E-state index is 0.0303. The van der Waals surface area contributed by atoms with E-state index in [1.807, 2.05) is 71.9 Å². The maximum Gasteiger partial charge on any atom is 0.326 e. The van der Waals surface area contributed by atoms with E-state index in [1.165, 1.54) is 42.1 Å². The Bertz CT molecular complexity index is 3730. The molecule has 1 aliphatic heterocycles. The molecule has 3 heterocycles. The smallest absolute Gasteiger partial charge is 0.326 e. The van der Waals surface area contributed by atoms with Crippen molar-refractivity contribution in [3.8, 4) is 5.75 Å². The molecule has 35 heteroatoms. The maximum atomic E-state index is 15.2. The van der Waals surface area contributed by atoms with Crippen molar-refractivity contribution in [1.82, 2.24) is 88.6 Å². The number of hydrogen-bond acceptors (Lipinski definition) is 21. The number of guanidine groups is 1. The maximum absolute atomic E-state index is 15.2. The van der Waals surface area contributed by atoms with Crippen molar-refractivity contribution < 1.29 is 68.6 Å². The number of benzene rings is 2. The SMILES string of the molecule is CCC(C)[C@H](NC(=O)[C@H](Cc1ccc(O)cc1)NC(=O)[C@@H](NC(=O)[C@H](CCCNC(=N)N)NC(=O)CNCCC(CCNC(C)(C)/C(C)=N\O)CCNC(C)(C)/C(C)=N\O)C(C)C)C(=O)N[C@@H](Cc1cnc[nH]1)C(=O)N1CCC[C@H]1C(=O)N[C@@H](CCc1ccccc1)C(=O)N[C@@H](Cc1cnc[nH]1)C(=O)N[C@@H](CC(C)C)C(=O)O. The van der Waals surface area contributed by atoms with Crippen molar-refractivity contribution in [3.05, 3.63) is 102 Å². The molecule has 0 spiro atoms. The van der Waals surface area contributed by atoms with Gasteiger partial charge in [-0.15, -0.1) is 0 Å². The number of likely N-dealkylation sites (tertiary alicyclic amines) is 1. The fraction of sp³-hybridized carbons (Fsp3) is 0.603. The molecule has 0 bridgehead atoms. The summed E-state index contributed by atoms with van der Waals surface area (Å²) in [5, 5.41) is 88.7. The van der Waals surface area contributed by atoms with Crippen LogP contribution in [-0.2, 0) is 73.6 Å². The van der Waals surface area contributed by atoms with E-state index >= 15 is 14.4 Å². The largest absolute Gasteiger partial charge is 0.508 e. The van der Waals surface area contributed by atoms with Gasteiger partial charge in [0.15, 0.2) is 5.96 Å². The number of oxime groups is 2. The highest BCUT2D eigenvalue weighted by molar-refractivity contribution is 5.99. The fourth-order valence-corrected chi connectivity index (χ4v) is 12.9. The lowest BCUT2D eigenvalue weighted by molar-refractivity contribution is -0.143. The van der Waals surface area contributed by atoms with E-state index < -0.39 is 136 Å². The summed E-state index contributed by atoms with van der Waals surface area (Å²) in [6.07, 6.45) is 8.85. The second kappa shape index (κ2) is 46.5. The number of nitrogens with one attached hydrogen (secondary N) is 15. The van der Waals surface area contributed by atoms with Crippen LogP contribution in [0.1, 0.15) is 170 Å². The van der Waals surface area contributed by atoms with E-state index in [0.29, 0.717) is 67.3 Å². The summed E-state index contributed by atoms with van der Waals surface area (Å²) in [5.41, 5.74) is 7.63. The summed E-state index contributed by atoms with van der Waals surface area (Å²) in [7, 11) is 0. The molecular weight excluding hydrogens is 1450 g/mol. The predicted molar refractivity (Wildman–Crippen MR) is 426 cm³/mol. The number of carbonyl (C=O) groups is 10. The Morgan fingerprint density at radius 3 is 1.67 bits per heavy atom. The zero-order valence-electron chi connectivity index (χ0n) is 67.3. The summed E-state index contributed by atoms with van der Waals surface area (Å²) >= 11 is 0. The molecule has 1 unspecified atom stereocenters. The number of carbonyl (C=O) groups excluding carboxylic acids is 9. The average Bonchev–Trinajstić information content (AvgIpc) is 1.74. The van der Waals surface area contributed by atoms with Crippen LogP contribution in [0, 0.1) is 29.1 Å². The first-order chi connectivity index (χ1) is 53.6.